The van der Waals surface area contributed by atoms with Crippen molar-refractivity contribution in [3.8, 4) is 0 Å². The van der Waals surface area contributed by atoms with Crippen molar-refractivity contribution >= 4 is 21.7 Å². The van der Waals surface area contributed by atoms with Gasteiger partial charge in [-0.2, -0.15) is 0 Å². The number of carbonyl (C=O) groups excluding carboxylic acids is 1. The van der Waals surface area contributed by atoms with Gasteiger partial charge in [-0.05, 0) is 86.4 Å². The fourth-order valence-electron chi connectivity index (χ4n) is 7.45. The molecule has 4 saturated carbocycles. The van der Waals surface area contributed by atoms with E-state index in [-0.39, 0.29) is 10.2 Å². The molecule has 4 rings (SSSR count). The molecule has 0 bridgehead atoms. The van der Waals surface area contributed by atoms with Crippen molar-refractivity contribution in [1.82, 2.24) is 0 Å². The predicted molar refractivity (Wildman–Crippen MR) is 109 cm³/mol. The number of Topliss-reactive ketones (excluding diaryl/α,β-unsaturated/α-hetero) is 1. The minimum Gasteiger partial charge on any atom is -0.378 e. The van der Waals surface area contributed by atoms with E-state index in [9.17, 15) is 4.79 Å². The van der Waals surface area contributed by atoms with Gasteiger partial charge in [-0.15, -0.1) is 0 Å². The Balaban J connectivity index is 1.49. The third-order valence-corrected chi connectivity index (χ3v) is 9.77. The van der Waals surface area contributed by atoms with Gasteiger partial charge in [0.25, 0.3) is 0 Å². The maximum absolute atomic E-state index is 12.8. The summed E-state index contributed by atoms with van der Waals surface area (Å²) >= 11 is 3.70. The van der Waals surface area contributed by atoms with Crippen LogP contribution in [0.5, 0.6) is 0 Å². The van der Waals surface area contributed by atoms with Gasteiger partial charge < -0.3 is 4.74 Å². The molecule has 26 heavy (non-hydrogen) atoms. The smallest absolute Gasteiger partial charge is 0.152 e. The number of carbonyl (C=O) groups is 1. The number of hydrogen-bond acceptors (Lipinski definition) is 2. The summed E-state index contributed by atoms with van der Waals surface area (Å²) in [6, 6.07) is 0. The summed E-state index contributed by atoms with van der Waals surface area (Å²) < 4.78 is 6.24. The number of halogens is 1. The molecule has 4 aliphatic carbocycles. The molecule has 0 saturated heterocycles. The lowest BCUT2D eigenvalue weighted by Crippen LogP contribution is -2.54. The van der Waals surface area contributed by atoms with Gasteiger partial charge in [-0.3, -0.25) is 4.79 Å². The van der Waals surface area contributed by atoms with Gasteiger partial charge in [-0.25, -0.2) is 0 Å². The molecule has 0 aromatic carbocycles. The average molecular weight is 425 g/mol. The van der Waals surface area contributed by atoms with Crippen molar-refractivity contribution in [2.24, 2.45) is 40.4 Å². The SMILES string of the molecule is CC(C)CO[C@H]1CC[C@@]2(C)[C@@H](CC[C@@H]3[C@@H]2CC[C@]2(C)C(=O)[C@H](Br)C[C@@H]32)C1. The molecule has 3 heteroatoms. The Hall–Kier alpha value is 0.110. The van der Waals surface area contributed by atoms with Crippen molar-refractivity contribution < 1.29 is 9.53 Å². The zero-order chi connectivity index (χ0) is 18.7. The lowest BCUT2D eigenvalue weighted by Gasteiger charge is -2.60. The molecule has 0 heterocycles. The minimum absolute atomic E-state index is 0.0455. The fourth-order valence-corrected chi connectivity index (χ4v) is 8.37. The molecule has 0 N–H and O–H groups in total. The molecule has 0 aromatic rings. The fraction of sp³-hybridized carbons (Fsp3) is 0.957. The summed E-state index contributed by atoms with van der Waals surface area (Å²) in [7, 11) is 0. The van der Waals surface area contributed by atoms with Crippen molar-refractivity contribution in [3.63, 3.8) is 0 Å². The van der Waals surface area contributed by atoms with Gasteiger partial charge in [0.15, 0.2) is 5.78 Å². The van der Waals surface area contributed by atoms with Crippen molar-refractivity contribution in [2.75, 3.05) is 6.61 Å². The zero-order valence-electron chi connectivity index (χ0n) is 17.1. The van der Waals surface area contributed by atoms with Crippen LogP contribution in [0.1, 0.15) is 79.1 Å². The van der Waals surface area contributed by atoms with Crippen molar-refractivity contribution in [1.29, 1.82) is 0 Å². The number of fused-ring (bicyclic) bond motifs is 5. The topological polar surface area (TPSA) is 26.3 Å². The van der Waals surface area contributed by atoms with E-state index in [1.807, 2.05) is 0 Å². The van der Waals surface area contributed by atoms with Crippen LogP contribution in [-0.2, 0) is 9.53 Å². The van der Waals surface area contributed by atoms with Crippen molar-refractivity contribution in [3.05, 3.63) is 0 Å². The molecule has 148 valence electrons. The van der Waals surface area contributed by atoms with Gasteiger partial charge in [0.2, 0.25) is 0 Å². The molecular weight excluding hydrogens is 388 g/mol. The quantitative estimate of drug-likeness (QED) is 0.518. The highest BCUT2D eigenvalue weighted by molar-refractivity contribution is 9.10. The Morgan fingerprint density at radius 3 is 2.58 bits per heavy atom. The van der Waals surface area contributed by atoms with E-state index in [0.29, 0.717) is 29.1 Å². The van der Waals surface area contributed by atoms with Gasteiger partial charge >= 0.3 is 0 Å². The Labute approximate surface area is 168 Å². The number of alkyl halides is 1. The van der Waals surface area contributed by atoms with Crippen LogP contribution in [0.3, 0.4) is 0 Å². The predicted octanol–water partition coefficient (Wildman–Crippen LogP) is 6.01. The summed E-state index contributed by atoms with van der Waals surface area (Å²) in [5.41, 5.74) is 0.436. The summed E-state index contributed by atoms with van der Waals surface area (Å²) in [4.78, 5) is 12.9. The summed E-state index contributed by atoms with van der Waals surface area (Å²) in [5, 5.41) is 0. The maximum atomic E-state index is 12.8. The molecule has 2 nitrogen and oxygen atoms in total. The molecule has 0 spiro atoms. The first-order valence-electron chi connectivity index (χ1n) is 11.1. The average Bonchev–Trinajstić information content (AvgIpc) is 2.83. The van der Waals surface area contributed by atoms with E-state index in [1.165, 1.54) is 38.5 Å². The van der Waals surface area contributed by atoms with E-state index < -0.39 is 0 Å². The molecular formula is C23H37BrO2. The zero-order valence-corrected chi connectivity index (χ0v) is 18.7. The van der Waals surface area contributed by atoms with Crippen LogP contribution in [0.2, 0.25) is 0 Å². The summed E-state index contributed by atoms with van der Waals surface area (Å²) in [5.74, 6) is 4.18. The van der Waals surface area contributed by atoms with Gasteiger partial charge in [-0.1, -0.05) is 43.6 Å². The van der Waals surface area contributed by atoms with Gasteiger partial charge in [0.05, 0.1) is 10.9 Å². The largest absolute Gasteiger partial charge is 0.378 e. The molecule has 0 unspecified atom stereocenters. The standard InChI is InChI=1S/C23H37BrO2/c1-14(2)13-26-16-7-9-22(3)15(11-16)5-6-17-18(22)8-10-23(4)19(17)12-20(24)21(23)25/h14-20H,5-13H2,1-4H3/t15-,16-,17+,18-,19-,20+,22-,23-/m0/s1. The van der Waals surface area contributed by atoms with Gasteiger partial charge in [0.1, 0.15) is 0 Å². The molecule has 4 aliphatic rings. The highest BCUT2D eigenvalue weighted by Gasteiger charge is 2.62. The maximum Gasteiger partial charge on any atom is 0.152 e. The minimum atomic E-state index is -0.0455. The van der Waals surface area contributed by atoms with E-state index >= 15 is 0 Å². The van der Waals surface area contributed by atoms with Crippen LogP contribution in [0.15, 0.2) is 0 Å². The van der Waals surface area contributed by atoms with E-state index in [2.05, 4.69) is 43.6 Å². The molecule has 0 aliphatic heterocycles. The molecule has 8 atom stereocenters. The number of rotatable bonds is 3. The summed E-state index contributed by atoms with van der Waals surface area (Å²) in [6.45, 7) is 10.3. The molecule has 4 fully saturated rings. The van der Waals surface area contributed by atoms with Crippen LogP contribution >= 0.6 is 15.9 Å². The van der Waals surface area contributed by atoms with E-state index in [1.54, 1.807) is 0 Å². The molecule has 0 amide bonds. The third kappa shape index (κ3) is 2.95. The first-order valence-corrected chi connectivity index (χ1v) is 12.0. The second-order valence-electron chi connectivity index (χ2n) is 10.8. The Morgan fingerprint density at radius 2 is 1.85 bits per heavy atom. The number of ketones is 1. The highest BCUT2D eigenvalue weighted by Crippen LogP contribution is 2.66. The molecule has 0 aromatic heterocycles. The molecule has 0 radical (unpaired) electrons. The Kier molecular flexibility index (Phi) is 5.13. The van der Waals surface area contributed by atoms with Crippen molar-refractivity contribution in [2.45, 2.75) is 90.0 Å². The summed E-state index contributed by atoms with van der Waals surface area (Å²) in [6.07, 6.45) is 10.5. The van der Waals surface area contributed by atoms with E-state index in [4.69, 9.17) is 4.74 Å². The second-order valence-corrected chi connectivity index (χ2v) is 11.9. The number of ether oxygens (including phenoxy) is 1. The first-order chi connectivity index (χ1) is 12.3. The monoisotopic (exact) mass is 424 g/mol. The van der Waals surface area contributed by atoms with Crippen LogP contribution in [0.4, 0.5) is 0 Å². The number of hydrogen-bond donors (Lipinski definition) is 0. The van der Waals surface area contributed by atoms with Gasteiger partial charge in [0, 0.05) is 12.0 Å². The Bertz CT molecular complexity index is 560. The highest BCUT2D eigenvalue weighted by atomic mass is 79.9. The second kappa shape index (κ2) is 6.87. The first kappa shape index (κ1) is 19.4. The van der Waals surface area contributed by atoms with Crippen LogP contribution in [0.25, 0.3) is 0 Å². The van der Waals surface area contributed by atoms with Crippen LogP contribution in [0, 0.1) is 40.4 Å². The van der Waals surface area contributed by atoms with E-state index in [0.717, 1.165) is 37.2 Å². The lowest BCUT2D eigenvalue weighted by atomic mass is 9.45. The third-order valence-electron chi connectivity index (χ3n) is 8.98. The normalized spacial score (nSPS) is 51.1. The lowest BCUT2D eigenvalue weighted by molar-refractivity contribution is -0.145. The van der Waals surface area contributed by atoms with Crippen LogP contribution in [-0.4, -0.2) is 23.3 Å². The Morgan fingerprint density at radius 1 is 1.08 bits per heavy atom. The van der Waals surface area contributed by atoms with Crippen LogP contribution < -0.4 is 0 Å².